The summed E-state index contributed by atoms with van der Waals surface area (Å²) in [5, 5.41) is 0. The van der Waals surface area contributed by atoms with Gasteiger partial charge in [0.25, 0.3) is 0 Å². The van der Waals surface area contributed by atoms with Gasteiger partial charge < -0.3 is 14.2 Å². The molecule has 0 aliphatic heterocycles. The number of rotatable bonds is 54. The van der Waals surface area contributed by atoms with E-state index in [1.54, 1.807) is 0 Å². The molecule has 6 heteroatoms. The van der Waals surface area contributed by atoms with Crippen molar-refractivity contribution in [1.82, 2.24) is 0 Å². The fraction of sp³-hybridized carbons (Fsp3) is 0.662. The van der Waals surface area contributed by atoms with E-state index in [9.17, 15) is 14.4 Å². The lowest BCUT2D eigenvalue weighted by Gasteiger charge is -2.18. The van der Waals surface area contributed by atoms with Crippen molar-refractivity contribution >= 4 is 17.9 Å². The standard InChI is InChI=1S/C68H112O6/c1-4-7-10-13-16-19-22-25-28-31-32-33-34-35-36-38-40-43-46-49-52-55-58-61-67(70)73-64-65(63-72-66(69)60-57-54-51-48-45-42-39-30-27-24-21-18-15-12-9-6-3)74-68(71)62-59-56-53-50-47-44-41-37-29-26-23-20-17-14-11-8-5-2/h7,10,16-17,19-20,25-26,28-30,32-33,35-36,39-40,43,49,52,65H,4-6,8-9,11-15,18,21-24,27,31,34,37-38,41-42,44-48,50-51,53-64H2,1-3H3/b10-7-,19-16-,20-17-,28-25-,29-26-,33-32-,36-35-,39-30-,43-40-,52-49-. The second-order valence-corrected chi connectivity index (χ2v) is 19.9. The van der Waals surface area contributed by atoms with Gasteiger partial charge in [0.1, 0.15) is 13.2 Å². The maximum atomic E-state index is 12.9. The van der Waals surface area contributed by atoms with E-state index in [0.717, 1.165) is 116 Å². The van der Waals surface area contributed by atoms with Gasteiger partial charge in [-0.1, -0.05) is 245 Å². The van der Waals surface area contributed by atoms with Gasteiger partial charge in [0, 0.05) is 19.3 Å². The molecule has 0 N–H and O–H groups in total. The second-order valence-electron chi connectivity index (χ2n) is 19.9. The molecule has 0 aliphatic carbocycles. The Hall–Kier alpha value is -4.19. The zero-order valence-corrected chi connectivity index (χ0v) is 48.1. The average molecular weight is 1030 g/mol. The predicted molar refractivity (Wildman–Crippen MR) is 320 cm³/mol. The Morgan fingerprint density at radius 3 is 0.919 bits per heavy atom. The highest BCUT2D eigenvalue weighted by Gasteiger charge is 2.19. The lowest BCUT2D eigenvalue weighted by atomic mass is 10.1. The van der Waals surface area contributed by atoms with Crippen LogP contribution in [0.15, 0.2) is 122 Å². The molecule has 0 aromatic carbocycles. The van der Waals surface area contributed by atoms with Gasteiger partial charge in [-0.3, -0.25) is 14.4 Å². The van der Waals surface area contributed by atoms with Gasteiger partial charge in [0.15, 0.2) is 6.10 Å². The van der Waals surface area contributed by atoms with Crippen molar-refractivity contribution in [3.05, 3.63) is 122 Å². The van der Waals surface area contributed by atoms with Crippen molar-refractivity contribution in [2.24, 2.45) is 0 Å². The van der Waals surface area contributed by atoms with Crippen LogP contribution in [0.5, 0.6) is 0 Å². The smallest absolute Gasteiger partial charge is 0.306 e. The lowest BCUT2D eigenvalue weighted by molar-refractivity contribution is -0.167. The third kappa shape index (κ3) is 58.7. The number of ether oxygens (including phenoxy) is 3. The molecule has 0 heterocycles. The largest absolute Gasteiger partial charge is 0.462 e. The predicted octanol–water partition coefficient (Wildman–Crippen LogP) is 20.8. The third-order valence-corrected chi connectivity index (χ3v) is 12.7. The molecule has 1 unspecified atom stereocenters. The molecule has 6 nitrogen and oxygen atoms in total. The van der Waals surface area contributed by atoms with E-state index in [-0.39, 0.29) is 37.5 Å². The topological polar surface area (TPSA) is 78.9 Å². The van der Waals surface area contributed by atoms with Crippen LogP contribution >= 0.6 is 0 Å². The molecule has 0 aromatic rings. The van der Waals surface area contributed by atoms with Gasteiger partial charge in [-0.2, -0.15) is 0 Å². The summed E-state index contributed by atoms with van der Waals surface area (Å²) in [6.07, 6.45) is 84.8. The molecule has 1 atom stereocenters. The van der Waals surface area contributed by atoms with Gasteiger partial charge in [-0.15, -0.1) is 0 Å². The molecule has 0 aliphatic rings. The van der Waals surface area contributed by atoms with Crippen LogP contribution in [0.1, 0.15) is 271 Å². The quantitative estimate of drug-likeness (QED) is 0.0261. The van der Waals surface area contributed by atoms with E-state index in [2.05, 4.69) is 142 Å². The van der Waals surface area contributed by atoms with E-state index in [0.29, 0.717) is 19.3 Å². The summed E-state index contributed by atoms with van der Waals surface area (Å²) in [5.74, 6) is -0.982. The van der Waals surface area contributed by atoms with Gasteiger partial charge in [-0.25, -0.2) is 0 Å². The summed E-state index contributed by atoms with van der Waals surface area (Å²) >= 11 is 0. The van der Waals surface area contributed by atoms with Gasteiger partial charge in [0.05, 0.1) is 0 Å². The molecule has 0 rings (SSSR count). The maximum absolute atomic E-state index is 12.9. The van der Waals surface area contributed by atoms with Crippen molar-refractivity contribution in [3.63, 3.8) is 0 Å². The van der Waals surface area contributed by atoms with Crippen molar-refractivity contribution in [1.29, 1.82) is 0 Å². The number of hydrogen-bond acceptors (Lipinski definition) is 6. The number of unbranched alkanes of at least 4 members (excludes halogenated alkanes) is 23. The number of carbonyl (C=O) groups excluding carboxylic acids is 3. The minimum absolute atomic E-state index is 0.106. The van der Waals surface area contributed by atoms with E-state index in [1.807, 2.05) is 0 Å². The number of esters is 3. The van der Waals surface area contributed by atoms with Crippen LogP contribution in [0.25, 0.3) is 0 Å². The van der Waals surface area contributed by atoms with Gasteiger partial charge >= 0.3 is 17.9 Å². The van der Waals surface area contributed by atoms with E-state index in [1.165, 1.54) is 109 Å². The van der Waals surface area contributed by atoms with Crippen LogP contribution in [0.4, 0.5) is 0 Å². The van der Waals surface area contributed by atoms with Crippen LogP contribution in [0.2, 0.25) is 0 Å². The molecular formula is C68H112O6. The minimum Gasteiger partial charge on any atom is -0.462 e. The Bertz CT molecular complexity index is 1550. The van der Waals surface area contributed by atoms with Crippen LogP contribution in [0.3, 0.4) is 0 Å². The van der Waals surface area contributed by atoms with E-state index >= 15 is 0 Å². The third-order valence-electron chi connectivity index (χ3n) is 12.7. The molecule has 0 amide bonds. The summed E-state index contributed by atoms with van der Waals surface area (Å²) < 4.78 is 16.8. The van der Waals surface area contributed by atoms with E-state index in [4.69, 9.17) is 14.2 Å². The zero-order valence-electron chi connectivity index (χ0n) is 48.1. The van der Waals surface area contributed by atoms with Crippen molar-refractivity contribution in [2.45, 2.75) is 277 Å². The number of hydrogen-bond donors (Lipinski definition) is 0. The monoisotopic (exact) mass is 1020 g/mol. The molecule has 0 aromatic heterocycles. The van der Waals surface area contributed by atoms with Gasteiger partial charge in [-0.05, 0) is 128 Å². The SMILES string of the molecule is CC/C=C\C/C=C\C/C=C\C/C=C\C/C=C\C/C=C\C/C=C\CCCC(=O)OCC(COC(=O)CCCCCCC/C=C\CCCCCCCCC)OC(=O)CCCCCCCCC/C=C\C/C=C\CCCCC. The first-order chi connectivity index (χ1) is 36.5. The summed E-state index contributed by atoms with van der Waals surface area (Å²) in [6, 6.07) is 0. The number of carbonyl (C=O) groups is 3. The summed E-state index contributed by atoms with van der Waals surface area (Å²) in [5.41, 5.74) is 0. The molecular weight excluding hydrogens is 913 g/mol. The average Bonchev–Trinajstić information content (AvgIpc) is 3.40. The fourth-order valence-electron chi connectivity index (χ4n) is 8.10. The van der Waals surface area contributed by atoms with Crippen molar-refractivity contribution < 1.29 is 28.6 Å². The summed E-state index contributed by atoms with van der Waals surface area (Å²) in [7, 11) is 0. The Morgan fingerprint density at radius 1 is 0.284 bits per heavy atom. The fourth-order valence-corrected chi connectivity index (χ4v) is 8.10. The van der Waals surface area contributed by atoms with Crippen molar-refractivity contribution in [3.8, 4) is 0 Å². The number of allylic oxidation sites excluding steroid dienone is 20. The Kier molecular flexibility index (Phi) is 57.9. The normalized spacial score (nSPS) is 13.0. The first-order valence-corrected chi connectivity index (χ1v) is 30.5. The summed E-state index contributed by atoms with van der Waals surface area (Å²) in [6.45, 7) is 6.44. The molecule has 74 heavy (non-hydrogen) atoms. The van der Waals surface area contributed by atoms with Crippen LogP contribution in [0, 0.1) is 0 Å². The Labute approximate surface area is 456 Å². The zero-order chi connectivity index (χ0) is 53.6. The molecule has 0 radical (unpaired) electrons. The molecule has 0 spiro atoms. The van der Waals surface area contributed by atoms with E-state index < -0.39 is 6.10 Å². The van der Waals surface area contributed by atoms with Crippen molar-refractivity contribution in [2.75, 3.05) is 13.2 Å². The first kappa shape index (κ1) is 69.8. The van der Waals surface area contributed by atoms with Gasteiger partial charge in [0.2, 0.25) is 0 Å². The summed E-state index contributed by atoms with van der Waals surface area (Å²) in [4.78, 5) is 38.2. The lowest BCUT2D eigenvalue weighted by Crippen LogP contribution is -2.30. The van der Waals surface area contributed by atoms with Crippen LogP contribution < -0.4 is 0 Å². The molecule has 0 bridgehead atoms. The minimum atomic E-state index is -0.814. The Morgan fingerprint density at radius 2 is 0.541 bits per heavy atom. The molecule has 420 valence electrons. The van der Waals surface area contributed by atoms with Crippen LogP contribution in [-0.2, 0) is 28.6 Å². The second kappa shape index (κ2) is 61.4. The molecule has 0 fully saturated rings. The van der Waals surface area contributed by atoms with Crippen LogP contribution in [-0.4, -0.2) is 37.2 Å². The highest BCUT2D eigenvalue weighted by Crippen LogP contribution is 2.14. The maximum Gasteiger partial charge on any atom is 0.306 e. The molecule has 0 saturated heterocycles. The highest BCUT2D eigenvalue weighted by atomic mass is 16.6. The first-order valence-electron chi connectivity index (χ1n) is 30.5. The molecule has 0 saturated carbocycles. The highest BCUT2D eigenvalue weighted by molar-refractivity contribution is 5.71. The Balaban J connectivity index is 4.51.